The number of amides is 1. The first kappa shape index (κ1) is 13.2. The molecule has 4 nitrogen and oxygen atoms in total. The highest BCUT2D eigenvalue weighted by atomic mass is 35.5. The summed E-state index contributed by atoms with van der Waals surface area (Å²) in [5, 5.41) is 6.23. The summed E-state index contributed by atoms with van der Waals surface area (Å²) in [6.45, 7) is 2.28. The lowest BCUT2D eigenvalue weighted by molar-refractivity contribution is -0.127. The Morgan fingerprint density at radius 1 is 1.33 bits per heavy atom. The number of fused-ring (bicyclic) bond motifs is 1. The topological polar surface area (TPSA) is 50.4 Å². The van der Waals surface area contributed by atoms with E-state index in [1.165, 1.54) is 0 Å². The minimum absolute atomic E-state index is 0. The minimum Gasteiger partial charge on any atom is -0.493 e. The SMILES string of the molecule is Cl.O=C(NC1CCOc2ccccc21)C1CNC1. The van der Waals surface area contributed by atoms with Crippen LogP contribution in [0.3, 0.4) is 0 Å². The van der Waals surface area contributed by atoms with Crippen molar-refractivity contribution < 1.29 is 9.53 Å². The lowest BCUT2D eigenvalue weighted by Gasteiger charge is -2.31. The molecule has 0 spiro atoms. The highest BCUT2D eigenvalue weighted by Crippen LogP contribution is 2.31. The molecule has 2 N–H and O–H groups in total. The van der Waals surface area contributed by atoms with Gasteiger partial charge >= 0.3 is 0 Å². The molecule has 5 heteroatoms. The van der Waals surface area contributed by atoms with Gasteiger partial charge in [0.2, 0.25) is 5.91 Å². The number of carbonyl (C=O) groups is 1. The second-order valence-electron chi connectivity index (χ2n) is 4.59. The third kappa shape index (κ3) is 2.44. The highest BCUT2D eigenvalue weighted by molar-refractivity contribution is 5.85. The van der Waals surface area contributed by atoms with Crippen LogP contribution in [-0.2, 0) is 4.79 Å². The van der Waals surface area contributed by atoms with E-state index in [4.69, 9.17) is 4.74 Å². The Balaban J connectivity index is 0.00000120. The number of nitrogens with one attached hydrogen (secondary N) is 2. The molecule has 1 unspecified atom stereocenters. The number of carbonyl (C=O) groups excluding carboxylic acids is 1. The van der Waals surface area contributed by atoms with E-state index in [1.807, 2.05) is 24.3 Å². The summed E-state index contributed by atoms with van der Waals surface area (Å²) in [7, 11) is 0. The molecule has 2 heterocycles. The minimum atomic E-state index is 0. The Morgan fingerprint density at radius 3 is 2.83 bits per heavy atom. The molecule has 18 heavy (non-hydrogen) atoms. The van der Waals surface area contributed by atoms with Gasteiger partial charge in [-0.15, -0.1) is 12.4 Å². The Kier molecular flexibility index (Phi) is 4.09. The summed E-state index contributed by atoms with van der Waals surface area (Å²) in [6, 6.07) is 8.03. The van der Waals surface area contributed by atoms with Gasteiger partial charge in [-0.25, -0.2) is 0 Å². The van der Waals surface area contributed by atoms with Gasteiger partial charge < -0.3 is 15.4 Å². The lowest BCUT2D eigenvalue weighted by Crippen LogP contribution is -2.51. The van der Waals surface area contributed by atoms with Crippen molar-refractivity contribution >= 4 is 18.3 Å². The van der Waals surface area contributed by atoms with Gasteiger partial charge in [-0.1, -0.05) is 18.2 Å². The molecule has 1 aromatic rings. The van der Waals surface area contributed by atoms with E-state index < -0.39 is 0 Å². The summed E-state index contributed by atoms with van der Waals surface area (Å²) < 4.78 is 5.57. The molecule has 2 aliphatic rings. The monoisotopic (exact) mass is 268 g/mol. The molecule has 1 fully saturated rings. The molecular formula is C13H17ClN2O2. The van der Waals surface area contributed by atoms with Crippen LogP contribution in [0.2, 0.25) is 0 Å². The maximum absolute atomic E-state index is 11.9. The number of para-hydroxylation sites is 1. The summed E-state index contributed by atoms with van der Waals surface area (Å²) >= 11 is 0. The molecule has 0 aliphatic carbocycles. The first-order chi connectivity index (χ1) is 8.34. The average molecular weight is 269 g/mol. The fourth-order valence-corrected chi connectivity index (χ4v) is 2.26. The third-order valence-electron chi connectivity index (χ3n) is 3.43. The number of benzene rings is 1. The Hall–Kier alpha value is -1.26. The van der Waals surface area contributed by atoms with Crippen LogP contribution in [0.4, 0.5) is 0 Å². The smallest absolute Gasteiger partial charge is 0.226 e. The number of ether oxygens (including phenoxy) is 1. The molecule has 1 saturated heterocycles. The van der Waals surface area contributed by atoms with Crippen LogP contribution in [0.1, 0.15) is 18.0 Å². The zero-order valence-electron chi connectivity index (χ0n) is 10.0. The van der Waals surface area contributed by atoms with Crippen LogP contribution in [-0.4, -0.2) is 25.6 Å². The third-order valence-corrected chi connectivity index (χ3v) is 3.43. The molecule has 1 aromatic carbocycles. The van der Waals surface area contributed by atoms with Gasteiger partial charge in [-0.05, 0) is 6.07 Å². The maximum atomic E-state index is 11.9. The Bertz CT molecular complexity index is 435. The lowest BCUT2D eigenvalue weighted by atomic mass is 9.97. The van der Waals surface area contributed by atoms with Crippen molar-refractivity contribution in [2.45, 2.75) is 12.5 Å². The molecule has 2 aliphatic heterocycles. The van der Waals surface area contributed by atoms with Gasteiger partial charge in [0, 0.05) is 25.1 Å². The predicted octanol–water partition coefficient (Wildman–Crippen LogP) is 1.27. The Labute approximate surface area is 113 Å². The van der Waals surface area contributed by atoms with Gasteiger partial charge in [0.15, 0.2) is 0 Å². The Morgan fingerprint density at radius 2 is 2.11 bits per heavy atom. The van der Waals surface area contributed by atoms with E-state index in [1.54, 1.807) is 0 Å². The van der Waals surface area contributed by atoms with Crippen molar-refractivity contribution in [3.05, 3.63) is 29.8 Å². The molecule has 0 bridgehead atoms. The average Bonchev–Trinajstić information content (AvgIpc) is 2.27. The van der Waals surface area contributed by atoms with Gasteiger partial charge in [-0.3, -0.25) is 4.79 Å². The van der Waals surface area contributed by atoms with Crippen molar-refractivity contribution in [1.82, 2.24) is 10.6 Å². The molecule has 98 valence electrons. The number of hydrogen-bond acceptors (Lipinski definition) is 3. The van der Waals surface area contributed by atoms with E-state index in [2.05, 4.69) is 10.6 Å². The van der Waals surface area contributed by atoms with Crippen LogP contribution < -0.4 is 15.4 Å². The van der Waals surface area contributed by atoms with E-state index in [0.29, 0.717) is 6.61 Å². The quantitative estimate of drug-likeness (QED) is 0.849. The molecule has 0 saturated carbocycles. The molecular weight excluding hydrogens is 252 g/mol. The molecule has 1 amide bonds. The van der Waals surface area contributed by atoms with Crippen molar-refractivity contribution in [3.63, 3.8) is 0 Å². The fraction of sp³-hybridized carbons (Fsp3) is 0.462. The highest BCUT2D eigenvalue weighted by Gasteiger charge is 2.29. The number of rotatable bonds is 2. The van der Waals surface area contributed by atoms with Gasteiger partial charge in [0.25, 0.3) is 0 Å². The predicted molar refractivity (Wildman–Crippen MR) is 71.0 cm³/mol. The van der Waals surface area contributed by atoms with Crippen LogP contribution in [0.5, 0.6) is 5.75 Å². The summed E-state index contributed by atoms with van der Waals surface area (Å²) in [4.78, 5) is 11.9. The van der Waals surface area contributed by atoms with Crippen LogP contribution in [0.15, 0.2) is 24.3 Å². The standard InChI is InChI=1S/C13H16N2O2.ClH/c16-13(9-7-14-8-9)15-11-5-6-17-12-4-2-1-3-10(11)12;/h1-4,9,11,14H,5-8H2,(H,15,16);1H. The van der Waals surface area contributed by atoms with Crippen LogP contribution in [0.25, 0.3) is 0 Å². The van der Waals surface area contributed by atoms with Gasteiger partial charge in [0.1, 0.15) is 5.75 Å². The number of halogens is 1. The number of hydrogen-bond donors (Lipinski definition) is 2. The molecule has 3 rings (SSSR count). The zero-order chi connectivity index (χ0) is 11.7. The largest absolute Gasteiger partial charge is 0.493 e. The van der Waals surface area contributed by atoms with E-state index in [0.717, 1.165) is 30.8 Å². The second kappa shape index (κ2) is 5.59. The normalized spacial score (nSPS) is 21.9. The van der Waals surface area contributed by atoms with E-state index in [9.17, 15) is 4.79 Å². The first-order valence-corrected chi connectivity index (χ1v) is 6.07. The van der Waals surface area contributed by atoms with Gasteiger partial charge in [-0.2, -0.15) is 0 Å². The van der Waals surface area contributed by atoms with Crippen LogP contribution in [0, 0.1) is 5.92 Å². The van der Waals surface area contributed by atoms with Crippen molar-refractivity contribution in [2.24, 2.45) is 5.92 Å². The van der Waals surface area contributed by atoms with E-state index in [-0.39, 0.29) is 30.3 Å². The summed E-state index contributed by atoms with van der Waals surface area (Å²) in [5.41, 5.74) is 1.10. The van der Waals surface area contributed by atoms with Crippen molar-refractivity contribution in [3.8, 4) is 5.75 Å². The van der Waals surface area contributed by atoms with E-state index >= 15 is 0 Å². The van der Waals surface area contributed by atoms with Crippen molar-refractivity contribution in [2.75, 3.05) is 19.7 Å². The molecule has 0 aromatic heterocycles. The fourth-order valence-electron chi connectivity index (χ4n) is 2.26. The van der Waals surface area contributed by atoms with Crippen LogP contribution >= 0.6 is 12.4 Å². The first-order valence-electron chi connectivity index (χ1n) is 6.07. The van der Waals surface area contributed by atoms with Crippen molar-refractivity contribution in [1.29, 1.82) is 0 Å². The van der Waals surface area contributed by atoms with Gasteiger partial charge in [0.05, 0.1) is 18.6 Å². The second-order valence-corrected chi connectivity index (χ2v) is 4.59. The molecule has 0 radical (unpaired) electrons. The summed E-state index contributed by atoms with van der Waals surface area (Å²) in [5.74, 6) is 1.20. The molecule has 1 atom stereocenters. The zero-order valence-corrected chi connectivity index (χ0v) is 10.8. The summed E-state index contributed by atoms with van der Waals surface area (Å²) in [6.07, 6.45) is 0.850. The maximum Gasteiger partial charge on any atom is 0.226 e.